The lowest BCUT2D eigenvalue weighted by atomic mass is 9.95. The van der Waals surface area contributed by atoms with Gasteiger partial charge in [0.1, 0.15) is 11.9 Å². The topological polar surface area (TPSA) is 41.6 Å². The van der Waals surface area contributed by atoms with Crippen LogP contribution in [0.2, 0.25) is 0 Å². The Hall–Kier alpha value is -1.46. The molecule has 0 spiro atoms. The van der Waals surface area contributed by atoms with Crippen molar-refractivity contribution < 1.29 is 13.9 Å². The number of hydrogen-bond acceptors (Lipinski definition) is 3. The third kappa shape index (κ3) is 4.75. The number of nitrogens with one attached hydrogen (secondary N) is 1. The summed E-state index contributed by atoms with van der Waals surface area (Å²) in [5.41, 5.74) is 0.929. The normalized spacial score (nSPS) is 23.6. The van der Waals surface area contributed by atoms with Crippen LogP contribution in [0.25, 0.3) is 0 Å². The molecule has 1 aromatic rings. The molecule has 1 N–H and O–H groups in total. The van der Waals surface area contributed by atoms with E-state index in [1.807, 2.05) is 6.07 Å². The van der Waals surface area contributed by atoms with Crippen molar-refractivity contribution in [1.29, 1.82) is 0 Å². The average molecular weight is 320 g/mol. The van der Waals surface area contributed by atoms with E-state index in [0.29, 0.717) is 25.7 Å². The fourth-order valence-corrected chi connectivity index (χ4v) is 3.44. The number of nitrogens with zero attached hydrogens (tertiary/aromatic N) is 1. The summed E-state index contributed by atoms with van der Waals surface area (Å²) in [7, 11) is 0. The van der Waals surface area contributed by atoms with Gasteiger partial charge in [0, 0.05) is 25.7 Å². The Kier molecular flexibility index (Phi) is 5.62. The monoisotopic (exact) mass is 320 g/mol. The number of carbonyl (C=O) groups is 1. The zero-order chi connectivity index (χ0) is 16.1. The predicted octanol–water partition coefficient (Wildman–Crippen LogP) is 2.48. The van der Waals surface area contributed by atoms with Gasteiger partial charge in [-0.25, -0.2) is 4.39 Å². The number of carbonyl (C=O) groups excluding carboxylic acids is 1. The molecule has 2 aliphatic rings. The fraction of sp³-hybridized carbons (Fsp3) is 0.611. The second-order valence-corrected chi connectivity index (χ2v) is 6.57. The van der Waals surface area contributed by atoms with Gasteiger partial charge in [0.2, 0.25) is 0 Å². The van der Waals surface area contributed by atoms with Crippen molar-refractivity contribution in [2.45, 2.75) is 50.8 Å². The van der Waals surface area contributed by atoms with E-state index in [-0.39, 0.29) is 11.7 Å². The van der Waals surface area contributed by atoms with E-state index >= 15 is 0 Å². The minimum atomic E-state index is -0.417. The molecule has 1 heterocycles. The molecule has 4 nitrogen and oxygen atoms in total. The summed E-state index contributed by atoms with van der Waals surface area (Å²) in [5.74, 6) is -0.219. The number of amides is 1. The van der Waals surface area contributed by atoms with Gasteiger partial charge in [-0.05, 0) is 30.5 Å². The second kappa shape index (κ2) is 7.88. The Morgan fingerprint density at radius 3 is 2.91 bits per heavy atom. The number of morpholine rings is 1. The van der Waals surface area contributed by atoms with Crippen LogP contribution < -0.4 is 5.32 Å². The Morgan fingerprint density at radius 2 is 2.13 bits per heavy atom. The standard InChI is InChI=1S/C18H25FN2O2/c19-15-6-4-5-14(11-15)12-21-9-10-23-17(13-21)18(22)20-16-7-2-1-3-8-16/h4-6,11,16-17H,1-3,7-10,12-13H2,(H,20,22). The van der Waals surface area contributed by atoms with E-state index < -0.39 is 6.10 Å². The van der Waals surface area contributed by atoms with Crippen molar-refractivity contribution in [2.75, 3.05) is 19.7 Å². The van der Waals surface area contributed by atoms with Gasteiger partial charge < -0.3 is 10.1 Å². The fourth-order valence-electron chi connectivity index (χ4n) is 3.44. The lowest BCUT2D eigenvalue weighted by molar-refractivity contribution is -0.139. The van der Waals surface area contributed by atoms with Crippen molar-refractivity contribution in [3.63, 3.8) is 0 Å². The quantitative estimate of drug-likeness (QED) is 0.927. The Morgan fingerprint density at radius 1 is 1.30 bits per heavy atom. The van der Waals surface area contributed by atoms with Crippen LogP contribution in [0.15, 0.2) is 24.3 Å². The lowest BCUT2D eigenvalue weighted by Gasteiger charge is -2.33. The first-order valence-electron chi connectivity index (χ1n) is 8.59. The van der Waals surface area contributed by atoms with Crippen LogP contribution in [0, 0.1) is 5.82 Å². The predicted molar refractivity (Wildman–Crippen MR) is 86.4 cm³/mol. The van der Waals surface area contributed by atoms with Crippen molar-refractivity contribution in [1.82, 2.24) is 10.2 Å². The van der Waals surface area contributed by atoms with Crippen molar-refractivity contribution in [3.8, 4) is 0 Å². The van der Waals surface area contributed by atoms with Crippen LogP contribution >= 0.6 is 0 Å². The summed E-state index contributed by atoms with van der Waals surface area (Å²) in [6.07, 6.45) is 5.40. The summed E-state index contributed by atoms with van der Waals surface area (Å²) in [6, 6.07) is 6.93. The van der Waals surface area contributed by atoms with Crippen molar-refractivity contribution >= 4 is 5.91 Å². The van der Waals surface area contributed by atoms with Crippen LogP contribution in [0.3, 0.4) is 0 Å². The summed E-state index contributed by atoms with van der Waals surface area (Å²) in [6.45, 7) is 2.52. The minimum absolute atomic E-state index is 0.000780. The van der Waals surface area contributed by atoms with E-state index in [1.165, 1.54) is 25.3 Å². The lowest BCUT2D eigenvalue weighted by Crippen LogP contribution is -2.51. The summed E-state index contributed by atoms with van der Waals surface area (Å²) in [5, 5.41) is 3.13. The number of ether oxygens (including phenoxy) is 1. The summed E-state index contributed by atoms with van der Waals surface area (Å²) < 4.78 is 18.9. The van der Waals surface area contributed by atoms with Gasteiger partial charge in [-0.15, -0.1) is 0 Å². The minimum Gasteiger partial charge on any atom is -0.366 e. The Bertz CT molecular complexity index is 532. The SMILES string of the molecule is O=C(NC1CCCCC1)C1CN(Cc2cccc(F)c2)CCO1. The maximum atomic E-state index is 13.3. The molecule has 1 aromatic carbocycles. The molecule has 126 valence electrons. The highest BCUT2D eigenvalue weighted by Crippen LogP contribution is 2.18. The van der Waals surface area contributed by atoms with Crippen LogP contribution in [-0.2, 0) is 16.1 Å². The van der Waals surface area contributed by atoms with Gasteiger partial charge in [0.25, 0.3) is 5.91 Å². The van der Waals surface area contributed by atoms with E-state index in [9.17, 15) is 9.18 Å². The first-order chi connectivity index (χ1) is 11.2. The summed E-state index contributed by atoms with van der Waals surface area (Å²) in [4.78, 5) is 14.6. The third-order valence-corrected chi connectivity index (χ3v) is 4.69. The Labute approximate surface area is 137 Å². The second-order valence-electron chi connectivity index (χ2n) is 6.57. The average Bonchev–Trinajstić information content (AvgIpc) is 2.56. The van der Waals surface area contributed by atoms with Crippen molar-refractivity contribution in [3.05, 3.63) is 35.6 Å². The number of benzene rings is 1. The van der Waals surface area contributed by atoms with Gasteiger partial charge in [-0.2, -0.15) is 0 Å². The van der Waals surface area contributed by atoms with E-state index in [1.54, 1.807) is 12.1 Å². The van der Waals surface area contributed by atoms with Gasteiger partial charge in [-0.1, -0.05) is 31.4 Å². The third-order valence-electron chi connectivity index (χ3n) is 4.69. The molecule has 23 heavy (non-hydrogen) atoms. The van der Waals surface area contributed by atoms with Crippen LogP contribution in [0.4, 0.5) is 4.39 Å². The zero-order valence-electron chi connectivity index (χ0n) is 13.5. The molecule has 0 bridgehead atoms. The van der Waals surface area contributed by atoms with Crippen LogP contribution in [0.5, 0.6) is 0 Å². The molecule has 5 heteroatoms. The van der Waals surface area contributed by atoms with Crippen LogP contribution in [-0.4, -0.2) is 42.6 Å². The van der Waals surface area contributed by atoms with Crippen molar-refractivity contribution in [2.24, 2.45) is 0 Å². The maximum absolute atomic E-state index is 13.3. The van der Waals surface area contributed by atoms with E-state index in [0.717, 1.165) is 24.9 Å². The Balaban J connectivity index is 1.52. The highest BCUT2D eigenvalue weighted by Gasteiger charge is 2.28. The molecule has 1 amide bonds. The van der Waals surface area contributed by atoms with Crippen LogP contribution in [0.1, 0.15) is 37.7 Å². The van der Waals surface area contributed by atoms with E-state index in [4.69, 9.17) is 4.74 Å². The zero-order valence-corrected chi connectivity index (χ0v) is 13.5. The highest BCUT2D eigenvalue weighted by molar-refractivity contribution is 5.81. The largest absolute Gasteiger partial charge is 0.366 e. The number of hydrogen-bond donors (Lipinski definition) is 1. The molecule has 1 aliphatic heterocycles. The maximum Gasteiger partial charge on any atom is 0.250 e. The molecule has 0 radical (unpaired) electrons. The molecule has 1 aliphatic carbocycles. The number of halogens is 1. The highest BCUT2D eigenvalue weighted by atomic mass is 19.1. The summed E-state index contributed by atoms with van der Waals surface area (Å²) >= 11 is 0. The molecule has 1 saturated heterocycles. The van der Waals surface area contributed by atoms with Gasteiger partial charge in [0.05, 0.1) is 6.61 Å². The van der Waals surface area contributed by atoms with E-state index in [2.05, 4.69) is 10.2 Å². The van der Waals surface area contributed by atoms with Gasteiger partial charge in [-0.3, -0.25) is 9.69 Å². The smallest absolute Gasteiger partial charge is 0.250 e. The molecule has 1 atom stereocenters. The van der Waals surface area contributed by atoms with Gasteiger partial charge in [0.15, 0.2) is 0 Å². The molecule has 1 saturated carbocycles. The number of rotatable bonds is 4. The molecule has 2 fully saturated rings. The first-order valence-corrected chi connectivity index (χ1v) is 8.59. The molecule has 3 rings (SSSR count). The molecular formula is C18H25FN2O2. The molecule has 1 unspecified atom stereocenters. The van der Waals surface area contributed by atoms with Gasteiger partial charge >= 0.3 is 0 Å². The molecule has 0 aromatic heterocycles. The first kappa shape index (κ1) is 16.4. The molecular weight excluding hydrogens is 295 g/mol.